The molecule has 0 bridgehead atoms. The Hall–Kier alpha value is -3.03. The van der Waals surface area contributed by atoms with Crippen LogP contribution >= 0.6 is 0 Å². The van der Waals surface area contributed by atoms with Gasteiger partial charge in [0.1, 0.15) is 0 Å². The molecule has 2 heterocycles. The maximum Gasteiger partial charge on any atom is 0.174 e. The summed E-state index contributed by atoms with van der Waals surface area (Å²) in [6.45, 7) is 2.05. The van der Waals surface area contributed by atoms with E-state index < -0.39 is 0 Å². The molecule has 0 spiro atoms. The molecule has 8 nitrogen and oxygen atoms in total. The van der Waals surface area contributed by atoms with E-state index in [0.29, 0.717) is 12.3 Å². The first kappa shape index (κ1) is 15.4. The Labute approximate surface area is 128 Å². The molecule has 0 amide bonds. The second-order valence-electron chi connectivity index (χ2n) is 4.31. The van der Waals surface area contributed by atoms with Crippen LogP contribution in [0.3, 0.4) is 0 Å². The van der Waals surface area contributed by atoms with Crippen molar-refractivity contribution in [2.75, 3.05) is 10.9 Å². The van der Waals surface area contributed by atoms with Crippen molar-refractivity contribution < 1.29 is 0 Å². The number of hydrazine groups is 1. The Morgan fingerprint density at radius 1 is 1.09 bits per heavy atom. The van der Waals surface area contributed by atoms with E-state index in [9.17, 15) is 0 Å². The summed E-state index contributed by atoms with van der Waals surface area (Å²) in [6, 6.07) is 7.38. The average Bonchev–Trinajstić information content (AvgIpc) is 2.57. The fraction of sp³-hybridized carbons (Fsp3) is 0.214. The van der Waals surface area contributed by atoms with Crippen molar-refractivity contribution in [2.24, 2.45) is 15.4 Å². The number of nitrogens with zero attached hydrogens (tertiary/aromatic N) is 5. The fourth-order valence-electron chi connectivity index (χ4n) is 1.51. The maximum absolute atomic E-state index is 4.15. The number of aromatic nitrogens is 2. The van der Waals surface area contributed by atoms with Gasteiger partial charge in [-0.1, -0.05) is 12.1 Å². The second-order valence-corrected chi connectivity index (χ2v) is 4.31. The third kappa shape index (κ3) is 5.53. The summed E-state index contributed by atoms with van der Waals surface area (Å²) in [4.78, 5) is 7.97. The van der Waals surface area contributed by atoms with Crippen LogP contribution in [-0.4, -0.2) is 15.8 Å². The highest BCUT2D eigenvalue weighted by molar-refractivity contribution is 5.82. The highest BCUT2D eigenvalue weighted by Gasteiger charge is 1.96. The lowest BCUT2D eigenvalue weighted by Crippen LogP contribution is -2.17. The topological polar surface area (TPSA) is 99.0 Å². The summed E-state index contributed by atoms with van der Waals surface area (Å²) >= 11 is 0. The van der Waals surface area contributed by atoms with E-state index in [1.165, 1.54) is 0 Å². The monoisotopic (exact) mass is 298 g/mol. The van der Waals surface area contributed by atoms with Gasteiger partial charge in [-0.3, -0.25) is 20.8 Å². The highest BCUT2D eigenvalue weighted by Crippen LogP contribution is 2.03. The van der Waals surface area contributed by atoms with Crippen molar-refractivity contribution in [2.45, 2.75) is 19.8 Å². The van der Waals surface area contributed by atoms with E-state index in [2.05, 4.69) is 41.8 Å². The van der Waals surface area contributed by atoms with Crippen LogP contribution in [-0.2, 0) is 0 Å². The number of nitrogens with one attached hydrogen (secondary N) is 3. The Morgan fingerprint density at radius 2 is 1.82 bits per heavy atom. The molecule has 0 aliphatic carbocycles. The van der Waals surface area contributed by atoms with Gasteiger partial charge in [0.25, 0.3) is 0 Å². The smallest absolute Gasteiger partial charge is 0.174 e. The molecule has 0 aromatic carbocycles. The maximum atomic E-state index is 4.15. The van der Waals surface area contributed by atoms with Gasteiger partial charge in [-0.15, -0.1) is 10.2 Å². The molecular weight excluding hydrogens is 280 g/mol. The molecule has 0 aliphatic rings. The normalized spacial score (nSPS) is 11.4. The van der Waals surface area contributed by atoms with E-state index in [1.54, 1.807) is 24.8 Å². The molecule has 0 fully saturated rings. The molecule has 0 aliphatic heterocycles. The molecule has 22 heavy (non-hydrogen) atoms. The van der Waals surface area contributed by atoms with Gasteiger partial charge >= 0.3 is 0 Å². The van der Waals surface area contributed by atoms with Gasteiger partial charge in [-0.25, -0.2) is 5.53 Å². The van der Waals surface area contributed by atoms with Crippen molar-refractivity contribution in [3.05, 3.63) is 49.1 Å². The lowest BCUT2D eigenvalue weighted by Gasteiger charge is -2.05. The zero-order chi connectivity index (χ0) is 15.5. The average molecular weight is 298 g/mol. The molecule has 8 heteroatoms. The van der Waals surface area contributed by atoms with Gasteiger partial charge < -0.3 is 0 Å². The molecule has 0 unspecified atom stereocenters. The van der Waals surface area contributed by atoms with Crippen LogP contribution in [0.15, 0.2) is 64.5 Å². The number of rotatable bonds is 7. The molecule has 2 rings (SSSR count). The van der Waals surface area contributed by atoms with Crippen molar-refractivity contribution in [1.29, 1.82) is 0 Å². The zero-order valence-corrected chi connectivity index (χ0v) is 12.3. The summed E-state index contributed by atoms with van der Waals surface area (Å²) in [5, 5.41) is 12.1. The minimum Gasteiger partial charge on any atom is -0.284 e. The summed E-state index contributed by atoms with van der Waals surface area (Å²) < 4.78 is 0. The molecule has 0 saturated carbocycles. The van der Waals surface area contributed by atoms with E-state index in [1.807, 2.05) is 31.2 Å². The van der Waals surface area contributed by atoms with Crippen molar-refractivity contribution >= 4 is 17.2 Å². The van der Waals surface area contributed by atoms with E-state index in [0.717, 1.165) is 17.8 Å². The summed E-state index contributed by atoms with van der Waals surface area (Å²) in [5.41, 5.74) is 10.0. The van der Waals surface area contributed by atoms with Crippen LogP contribution in [0.4, 0.5) is 11.4 Å². The third-order valence-corrected chi connectivity index (χ3v) is 2.53. The molecule has 3 N–H and O–H groups in total. The van der Waals surface area contributed by atoms with Gasteiger partial charge in [0, 0.05) is 18.8 Å². The Kier molecular flexibility index (Phi) is 6.29. The number of hydrazone groups is 1. The second kappa shape index (κ2) is 9.01. The van der Waals surface area contributed by atoms with Crippen LogP contribution < -0.4 is 16.4 Å². The molecule has 0 saturated heterocycles. The van der Waals surface area contributed by atoms with Crippen LogP contribution in [0.1, 0.15) is 19.8 Å². The SMILES string of the molecule is CCCC(N=NNc1cccnc1)=NNNc1cccnc1. The van der Waals surface area contributed by atoms with Gasteiger partial charge in [0.05, 0.1) is 23.8 Å². The molecule has 0 radical (unpaired) electrons. The lowest BCUT2D eigenvalue weighted by atomic mass is 10.3. The van der Waals surface area contributed by atoms with E-state index in [-0.39, 0.29) is 0 Å². The largest absolute Gasteiger partial charge is 0.284 e. The minimum absolute atomic E-state index is 0.579. The van der Waals surface area contributed by atoms with Crippen molar-refractivity contribution in [3.8, 4) is 0 Å². The van der Waals surface area contributed by atoms with Gasteiger partial charge in [0.2, 0.25) is 0 Å². The fourth-order valence-corrected chi connectivity index (χ4v) is 1.51. The Morgan fingerprint density at radius 3 is 2.45 bits per heavy atom. The predicted octanol–water partition coefficient (Wildman–Crippen LogP) is 2.99. The molecule has 2 aromatic rings. The van der Waals surface area contributed by atoms with E-state index in [4.69, 9.17) is 0 Å². The van der Waals surface area contributed by atoms with Crippen LogP contribution in [0.25, 0.3) is 0 Å². The summed E-state index contributed by atoms with van der Waals surface area (Å²) in [5.74, 6) is 0.579. The number of pyridine rings is 2. The third-order valence-electron chi connectivity index (χ3n) is 2.53. The first-order valence-electron chi connectivity index (χ1n) is 6.93. The van der Waals surface area contributed by atoms with E-state index >= 15 is 0 Å². The first-order valence-corrected chi connectivity index (χ1v) is 6.93. The quantitative estimate of drug-likeness (QED) is 0.316. The summed E-state index contributed by atoms with van der Waals surface area (Å²) in [6.07, 6.45) is 8.38. The predicted molar refractivity (Wildman–Crippen MR) is 86.1 cm³/mol. The standard InChI is InChI=1S/C14H18N8/c1-2-5-14(19-21-17-12-6-3-8-15-10-12)20-22-18-13-7-4-9-16-11-13/h3-4,6-11,17,21H,2,5H2,1H3,(H,18,19,20). The molecular formula is C14H18N8. The minimum atomic E-state index is 0.579. The van der Waals surface area contributed by atoms with Crippen LogP contribution in [0.5, 0.6) is 0 Å². The Bertz CT molecular complexity index is 597. The number of amidine groups is 1. The molecule has 0 atom stereocenters. The number of hydrogen-bond acceptors (Lipinski definition) is 6. The summed E-state index contributed by atoms with van der Waals surface area (Å²) in [7, 11) is 0. The number of anilines is 2. The zero-order valence-electron chi connectivity index (χ0n) is 12.3. The van der Waals surface area contributed by atoms with Gasteiger partial charge in [-0.2, -0.15) is 0 Å². The highest BCUT2D eigenvalue weighted by atomic mass is 15.6. The Balaban J connectivity index is 1.87. The first-order chi connectivity index (χ1) is 10.9. The van der Waals surface area contributed by atoms with Gasteiger partial charge in [-0.05, 0) is 30.7 Å². The molecule has 2 aromatic heterocycles. The van der Waals surface area contributed by atoms with Crippen LogP contribution in [0.2, 0.25) is 0 Å². The van der Waals surface area contributed by atoms with Crippen LogP contribution in [0, 0.1) is 0 Å². The molecule has 114 valence electrons. The number of hydrogen-bond donors (Lipinski definition) is 3. The van der Waals surface area contributed by atoms with Crippen molar-refractivity contribution in [1.82, 2.24) is 15.5 Å². The lowest BCUT2D eigenvalue weighted by molar-refractivity contribution is 0.845. The van der Waals surface area contributed by atoms with Crippen molar-refractivity contribution in [3.63, 3.8) is 0 Å². The van der Waals surface area contributed by atoms with Gasteiger partial charge in [0.15, 0.2) is 5.84 Å².